The van der Waals surface area contributed by atoms with Crippen LogP contribution in [-0.4, -0.2) is 36.0 Å². The summed E-state index contributed by atoms with van der Waals surface area (Å²) in [4.78, 5) is 20.9. The molecular weight excluding hydrogens is 194 g/mol. The number of anilines is 2. The minimum atomic E-state index is -0.0429. The summed E-state index contributed by atoms with van der Waals surface area (Å²) >= 11 is 0. The largest absolute Gasteiger partial charge is 0.382 e. The topological polar surface area (TPSA) is 84.1 Å². The summed E-state index contributed by atoms with van der Waals surface area (Å²) in [6, 6.07) is 0. The highest BCUT2D eigenvalue weighted by Crippen LogP contribution is 2.06. The highest BCUT2D eigenvalue weighted by atomic mass is 16.2. The second-order valence-corrected chi connectivity index (χ2v) is 3.11. The maximum absolute atomic E-state index is 11.3. The maximum atomic E-state index is 11.3. The molecule has 0 spiro atoms. The van der Waals surface area contributed by atoms with E-state index in [4.69, 9.17) is 5.73 Å². The quantitative estimate of drug-likeness (QED) is 0.707. The standard InChI is InChI=1S/C9H15N5O/c1-3-11-9(15)6-14(2)8-5-12-7(10)4-13-8/h4-5H,3,6H2,1-2H3,(H2,10,12)(H,11,15). The molecule has 0 unspecified atom stereocenters. The van der Waals surface area contributed by atoms with Crippen LogP contribution in [0.1, 0.15) is 6.92 Å². The van der Waals surface area contributed by atoms with E-state index in [0.29, 0.717) is 18.2 Å². The lowest BCUT2D eigenvalue weighted by molar-refractivity contribution is -0.119. The molecule has 0 radical (unpaired) electrons. The zero-order chi connectivity index (χ0) is 11.3. The van der Waals surface area contributed by atoms with Crippen molar-refractivity contribution in [1.82, 2.24) is 15.3 Å². The van der Waals surface area contributed by atoms with Crippen molar-refractivity contribution >= 4 is 17.5 Å². The Hall–Kier alpha value is -1.85. The smallest absolute Gasteiger partial charge is 0.239 e. The maximum Gasteiger partial charge on any atom is 0.239 e. The molecule has 6 heteroatoms. The number of nitrogen functional groups attached to an aromatic ring is 1. The molecule has 6 nitrogen and oxygen atoms in total. The number of carbonyl (C=O) groups excluding carboxylic acids is 1. The Morgan fingerprint density at radius 3 is 2.80 bits per heavy atom. The minimum absolute atomic E-state index is 0.0429. The first-order valence-corrected chi connectivity index (χ1v) is 4.69. The Labute approximate surface area is 88.5 Å². The number of carbonyl (C=O) groups is 1. The first-order chi connectivity index (χ1) is 7.13. The number of likely N-dealkylation sites (N-methyl/N-ethyl adjacent to an activating group) is 2. The van der Waals surface area contributed by atoms with Crippen LogP contribution in [0.15, 0.2) is 12.4 Å². The molecule has 1 aromatic rings. The van der Waals surface area contributed by atoms with Gasteiger partial charge in [0.05, 0.1) is 18.9 Å². The lowest BCUT2D eigenvalue weighted by Crippen LogP contribution is -2.35. The number of aromatic nitrogens is 2. The van der Waals surface area contributed by atoms with Crippen LogP contribution in [-0.2, 0) is 4.79 Å². The SMILES string of the molecule is CCNC(=O)CN(C)c1cnc(N)cn1. The van der Waals surface area contributed by atoms with Crippen LogP contribution in [0.5, 0.6) is 0 Å². The van der Waals surface area contributed by atoms with Gasteiger partial charge in [0.15, 0.2) is 0 Å². The van der Waals surface area contributed by atoms with E-state index >= 15 is 0 Å². The Balaban J connectivity index is 2.57. The summed E-state index contributed by atoms with van der Waals surface area (Å²) in [5.41, 5.74) is 5.40. The minimum Gasteiger partial charge on any atom is -0.382 e. The summed E-state index contributed by atoms with van der Waals surface area (Å²) < 4.78 is 0. The molecule has 0 atom stereocenters. The molecule has 0 aromatic carbocycles. The second-order valence-electron chi connectivity index (χ2n) is 3.11. The molecule has 0 aliphatic heterocycles. The van der Waals surface area contributed by atoms with Gasteiger partial charge in [-0.2, -0.15) is 0 Å². The van der Waals surface area contributed by atoms with E-state index in [2.05, 4.69) is 15.3 Å². The fourth-order valence-electron chi connectivity index (χ4n) is 1.08. The number of hydrogen-bond acceptors (Lipinski definition) is 5. The summed E-state index contributed by atoms with van der Waals surface area (Å²) in [5, 5.41) is 2.70. The van der Waals surface area contributed by atoms with Gasteiger partial charge in [-0.1, -0.05) is 0 Å². The predicted molar refractivity (Wildman–Crippen MR) is 58.4 cm³/mol. The van der Waals surface area contributed by atoms with Gasteiger partial charge in [0.2, 0.25) is 5.91 Å². The monoisotopic (exact) mass is 209 g/mol. The third-order valence-electron chi connectivity index (χ3n) is 1.80. The van der Waals surface area contributed by atoms with Gasteiger partial charge in [0.1, 0.15) is 11.6 Å². The Morgan fingerprint density at radius 2 is 2.27 bits per heavy atom. The van der Waals surface area contributed by atoms with Gasteiger partial charge in [-0.25, -0.2) is 9.97 Å². The summed E-state index contributed by atoms with van der Waals surface area (Å²) in [6.45, 7) is 2.76. The average molecular weight is 209 g/mol. The zero-order valence-electron chi connectivity index (χ0n) is 8.90. The van der Waals surface area contributed by atoms with Crippen molar-refractivity contribution in [2.45, 2.75) is 6.92 Å². The molecule has 1 heterocycles. The number of rotatable bonds is 4. The van der Waals surface area contributed by atoms with Crippen LogP contribution >= 0.6 is 0 Å². The van der Waals surface area contributed by atoms with E-state index in [1.165, 1.54) is 12.4 Å². The lowest BCUT2D eigenvalue weighted by Gasteiger charge is -2.16. The van der Waals surface area contributed by atoms with Crippen molar-refractivity contribution in [1.29, 1.82) is 0 Å². The van der Waals surface area contributed by atoms with Crippen molar-refractivity contribution in [3.05, 3.63) is 12.4 Å². The summed E-state index contributed by atoms with van der Waals surface area (Å²) in [5.74, 6) is 0.944. The van der Waals surface area contributed by atoms with E-state index in [1.54, 1.807) is 11.9 Å². The third-order valence-corrected chi connectivity index (χ3v) is 1.80. The Bertz CT molecular complexity index is 324. The van der Waals surface area contributed by atoms with Gasteiger partial charge >= 0.3 is 0 Å². The van der Waals surface area contributed by atoms with Crippen LogP contribution < -0.4 is 16.0 Å². The van der Waals surface area contributed by atoms with E-state index in [0.717, 1.165) is 0 Å². The number of nitrogens with two attached hydrogens (primary N) is 1. The molecule has 0 saturated heterocycles. The zero-order valence-corrected chi connectivity index (χ0v) is 8.90. The van der Waals surface area contributed by atoms with Gasteiger partial charge in [0, 0.05) is 13.6 Å². The first kappa shape index (κ1) is 11.2. The van der Waals surface area contributed by atoms with E-state index in [1.807, 2.05) is 6.92 Å². The van der Waals surface area contributed by atoms with Crippen LogP contribution in [0, 0.1) is 0 Å². The third kappa shape index (κ3) is 3.41. The summed E-state index contributed by atoms with van der Waals surface area (Å²) in [7, 11) is 1.77. The van der Waals surface area contributed by atoms with Gasteiger partial charge in [0.25, 0.3) is 0 Å². The highest BCUT2D eigenvalue weighted by Gasteiger charge is 2.07. The van der Waals surface area contributed by atoms with E-state index in [9.17, 15) is 4.79 Å². The van der Waals surface area contributed by atoms with Crippen LogP contribution in [0.2, 0.25) is 0 Å². The fraction of sp³-hybridized carbons (Fsp3) is 0.444. The highest BCUT2D eigenvalue weighted by molar-refractivity contribution is 5.80. The molecule has 0 bridgehead atoms. The van der Waals surface area contributed by atoms with Crippen LogP contribution in [0.3, 0.4) is 0 Å². The first-order valence-electron chi connectivity index (χ1n) is 4.69. The van der Waals surface area contributed by atoms with Gasteiger partial charge in [-0.3, -0.25) is 4.79 Å². The number of nitrogens with zero attached hydrogens (tertiary/aromatic N) is 3. The van der Waals surface area contributed by atoms with E-state index in [-0.39, 0.29) is 12.5 Å². The molecule has 0 aliphatic carbocycles. The van der Waals surface area contributed by atoms with Gasteiger partial charge in [-0.05, 0) is 6.92 Å². The normalized spacial score (nSPS) is 9.73. The second kappa shape index (κ2) is 5.14. The van der Waals surface area contributed by atoms with Crippen LogP contribution in [0.25, 0.3) is 0 Å². The van der Waals surface area contributed by atoms with Crippen molar-refractivity contribution < 1.29 is 4.79 Å². The molecule has 0 saturated carbocycles. The molecule has 82 valence electrons. The molecule has 1 rings (SSSR count). The summed E-state index contributed by atoms with van der Waals surface area (Å²) in [6.07, 6.45) is 3.00. The molecule has 1 amide bonds. The van der Waals surface area contributed by atoms with Crippen molar-refractivity contribution in [3.8, 4) is 0 Å². The Morgan fingerprint density at radius 1 is 1.53 bits per heavy atom. The molecule has 1 aromatic heterocycles. The molecular formula is C9H15N5O. The number of nitrogens with one attached hydrogen (secondary N) is 1. The molecule has 3 N–H and O–H groups in total. The molecule has 0 aliphatic rings. The van der Waals surface area contributed by atoms with Gasteiger partial charge in [-0.15, -0.1) is 0 Å². The van der Waals surface area contributed by atoms with Crippen molar-refractivity contribution in [2.24, 2.45) is 0 Å². The number of hydrogen-bond donors (Lipinski definition) is 2. The fourth-order valence-corrected chi connectivity index (χ4v) is 1.08. The average Bonchev–Trinajstić information content (AvgIpc) is 2.18. The lowest BCUT2D eigenvalue weighted by atomic mass is 10.5. The van der Waals surface area contributed by atoms with Crippen LogP contribution in [0.4, 0.5) is 11.6 Å². The number of amides is 1. The molecule has 15 heavy (non-hydrogen) atoms. The van der Waals surface area contributed by atoms with E-state index < -0.39 is 0 Å². The Kier molecular flexibility index (Phi) is 3.84. The van der Waals surface area contributed by atoms with Gasteiger partial charge < -0.3 is 16.0 Å². The van der Waals surface area contributed by atoms with Crippen molar-refractivity contribution in [3.63, 3.8) is 0 Å². The van der Waals surface area contributed by atoms with Crippen molar-refractivity contribution in [2.75, 3.05) is 30.8 Å². The molecule has 0 fully saturated rings. The predicted octanol–water partition coefficient (Wildman–Crippen LogP) is -0.369.